The fraction of sp³-hybridized carbons (Fsp3) is 0.333. The second kappa shape index (κ2) is 7.79. The van der Waals surface area contributed by atoms with Crippen LogP contribution in [0.5, 0.6) is 0 Å². The number of hydrogen-bond donors (Lipinski definition) is 2. The summed E-state index contributed by atoms with van der Waals surface area (Å²) in [4.78, 5) is 0. The van der Waals surface area contributed by atoms with Crippen LogP contribution in [0.3, 0.4) is 0 Å². The van der Waals surface area contributed by atoms with Crippen LogP contribution in [-0.4, -0.2) is 17.8 Å². The second-order valence-electron chi connectivity index (χ2n) is 5.40. The third kappa shape index (κ3) is 5.20. The molecule has 2 aromatic rings. The molecule has 0 spiro atoms. The molecular weight excluding hydrogens is 265 g/mol. The Labute approximate surface area is 125 Å². The Balaban J connectivity index is 1.92. The molecule has 3 heteroatoms. The van der Waals surface area contributed by atoms with Crippen molar-refractivity contribution in [2.24, 2.45) is 0 Å². The van der Waals surface area contributed by atoms with Crippen LogP contribution in [0, 0.1) is 5.82 Å². The molecular formula is C18H22FNO. The zero-order valence-corrected chi connectivity index (χ0v) is 12.3. The van der Waals surface area contributed by atoms with E-state index in [1.54, 1.807) is 0 Å². The molecule has 0 fully saturated rings. The Morgan fingerprint density at radius 3 is 2.57 bits per heavy atom. The monoisotopic (exact) mass is 287 g/mol. The number of nitrogens with one attached hydrogen (secondary N) is 1. The average Bonchev–Trinajstić information content (AvgIpc) is 2.48. The molecule has 0 radical (unpaired) electrons. The quantitative estimate of drug-likeness (QED) is 0.812. The van der Waals surface area contributed by atoms with Gasteiger partial charge in [0.2, 0.25) is 0 Å². The molecule has 2 rings (SSSR count). The van der Waals surface area contributed by atoms with Gasteiger partial charge in [0.1, 0.15) is 5.82 Å². The van der Waals surface area contributed by atoms with E-state index in [0.29, 0.717) is 0 Å². The maximum Gasteiger partial charge on any atom is 0.123 e. The molecule has 1 atom stereocenters. The number of rotatable bonds is 7. The van der Waals surface area contributed by atoms with E-state index in [9.17, 15) is 4.39 Å². The molecule has 1 unspecified atom stereocenters. The smallest absolute Gasteiger partial charge is 0.123 e. The first kappa shape index (κ1) is 15.5. The number of halogens is 1. The number of aliphatic hydroxyl groups excluding tert-OH is 1. The molecule has 0 heterocycles. The molecule has 0 saturated carbocycles. The highest BCUT2D eigenvalue weighted by Crippen LogP contribution is 2.15. The van der Waals surface area contributed by atoms with Crippen molar-refractivity contribution < 1.29 is 9.50 Å². The molecule has 0 aliphatic heterocycles. The molecule has 0 aliphatic carbocycles. The summed E-state index contributed by atoms with van der Waals surface area (Å²) in [7, 11) is 0. The SMILES string of the molecule is CC(Cc1ccc(F)cc1)Nc1cccc(CCCO)c1. The van der Waals surface area contributed by atoms with Crippen molar-refractivity contribution in [2.75, 3.05) is 11.9 Å². The van der Waals surface area contributed by atoms with Gasteiger partial charge in [0.05, 0.1) is 0 Å². The first-order chi connectivity index (χ1) is 10.2. The Kier molecular flexibility index (Phi) is 5.76. The third-order valence-corrected chi connectivity index (χ3v) is 3.42. The van der Waals surface area contributed by atoms with Crippen LogP contribution in [0.15, 0.2) is 48.5 Å². The summed E-state index contributed by atoms with van der Waals surface area (Å²) >= 11 is 0. The maximum absolute atomic E-state index is 12.9. The molecule has 2 nitrogen and oxygen atoms in total. The molecule has 0 saturated heterocycles. The van der Waals surface area contributed by atoms with Gasteiger partial charge in [-0.2, -0.15) is 0 Å². The van der Waals surface area contributed by atoms with Crippen LogP contribution >= 0.6 is 0 Å². The zero-order valence-electron chi connectivity index (χ0n) is 12.3. The highest BCUT2D eigenvalue weighted by molar-refractivity contribution is 5.46. The molecule has 112 valence electrons. The number of hydrogen-bond acceptors (Lipinski definition) is 2. The van der Waals surface area contributed by atoms with Crippen LogP contribution in [0.1, 0.15) is 24.5 Å². The summed E-state index contributed by atoms with van der Waals surface area (Å²) in [5, 5.41) is 12.3. The van der Waals surface area contributed by atoms with Gasteiger partial charge in [-0.05, 0) is 61.6 Å². The van der Waals surface area contributed by atoms with Crippen molar-refractivity contribution in [2.45, 2.75) is 32.2 Å². The maximum atomic E-state index is 12.9. The molecule has 2 aromatic carbocycles. The molecule has 0 bridgehead atoms. The van der Waals surface area contributed by atoms with Crippen LogP contribution in [-0.2, 0) is 12.8 Å². The van der Waals surface area contributed by atoms with Crippen LogP contribution in [0.2, 0.25) is 0 Å². The number of aryl methyl sites for hydroxylation is 1. The van der Waals surface area contributed by atoms with Gasteiger partial charge < -0.3 is 10.4 Å². The van der Waals surface area contributed by atoms with E-state index in [0.717, 1.165) is 30.5 Å². The standard InChI is InChI=1S/C18H22FNO/c1-14(12-16-7-9-17(19)10-8-16)20-18-6-2-4-15(13-18)5-3-11-21/h2,4,6-10,13-14,20-21H,3,5,11-12H2,1H3. The minimum Gasteiger partial charge on any atom is -0.396 e. The van der Waals surface area contributed by atoms with Crippen LogP contribution in [0.25, 0.3) is 0 Å². The first-order valence-electron chi connectivity index (χ1n) is 7.38. The molecule has 0 aliphatic rings. The van der Waals surface area contributed by atoms with Crippen molar-refractivity contribution in [3.05, 3.63) is 65.5 Å². The topological polar surface area (TPSA) is 32.3 Å². The van der Waals surface area contributed by atoms with Gasteiger partial charge in [-0.15, -0.1) is 0 Å². The minimum absolute atomic E-state index is 0.198. The predicted octanol–water partition coefficient (Wildman–Crippen LogP) is 3.79. The van der Waals surface area contributed by atoms with E-state index in [1.807, 2.05) is 24.3 Å². The van der Waals surface area contributed by atoms with Crippen molar-refractivity contribution >= 4 is 5.69 Å². The summed E-state index contributed by atoms with van der Waals surface area (Å²) in [6, 6.07) is 15.2. The van der Waals surface area contributed by atoms with E-state index in [4.69, 9.17) is 5.11 Å². The van der Waals surface area contributed by atoms with E-state index in [-0.39, 0.29) is 18.5 Å². The number of aliphatic hydroxyl groups is 1. The van der Waals surface area contributed by atoms with Crippen molar-refractivity contribution in [1.82, 2.24) is 0 Å². The van der Waals surface area contributed by atoms with E-state index < -0.39 is 0 Å². The van der Waals surface area contributed by atoms with Gasteiger partial charge >= 0.3 is 0 Å². The third-order valence-electron chi connectivity index (χ3n) is 3.42. The fourth-order valence-corrected chi connectivity index (χ4v) is 2.41. The first-order valence-corrected chi connectivity index (χ1v) is 7.38. The lowest BCUT2D eigenvalue weighted by Gasteiger charge is -2.16. The summed E-state index contributed by atoms with van der Waals surface area (Å²) in [5.74, 6) is -0.198. The predicted molar refractivity (Wildman–Crippen MR) is 85.0 cm³/mol. The average molecular weight is 287 g/mol. The largest absolute Gasteiger partial charge is 0.396 e. The normalized spacial score (nSPS) is 12.1. The minimum atomic E-state index is -0.198. The summed E-state index contributed by atoms with van der Waals surface area (Å²) in [6.07, 6.45) is 2.52. The lowest BCUT2D eigenvalue weighted by atomic mass is 10.1. The van der Waals surface area contributed by atoms with Gasteiger partial charge in [0, 0.05) is 18.3 Å². The molecule has 0 amide bonds. The summed E-state index contributed by atoms with van der Waals surface area (Å²) in [6.45, 7) is 2.34. The second-order valence-corrected chi connectivity index (χ2v) is 5.40. The number of benzene rings is 2. The van der Waals surface area contributed by atoms with Gasteiger partial charge in [0.15, 0.2) is 0 Å². The Bertz CT molecular complexity index is 553. The van der Waals surface area contributed by atoms with E-state index in [2.05, 4.69) is 24.4 Å². The van der Waals surface area contributed by atoms with Crippen molar-refractivity contribution in [1.29, 1.82) is 0 Å². The summed E-state index contributed by atoms with van der Waals surface area (Å²) in [5.41, 5.74) is 3.43. The van der Waals surface area contributed by atoms with Gasteiger partial charge in [-0.1, -0.05) is 24.3 Å². The van der Waals surface area contributed by atoms with Crippen LogP contribution < -0.4 is 5.32 Å². The lowest BCUT2D eigenvalue weighted by Crippen LogP contribution is -2.18. The zero-order chi connectivity index (χ0) is 15.1. The fourth-order valence-electron chi connectivity index (χ4n) is 2.41. The number of anilines is 1. The summed E-state index contributed by atoms with van der Waals surface area (Å²) < 4.78 is 12.9. The van der Waals surface area contributed by atoms with E-state index >= 15 is 0 Å². The molecule has 2 N–H and O–H groups in total. The van der Waals surface area contributed by atoms with Crippen molar-refractivity contribution in [3.63, 3.8) is 0 Å². The highest BCUT2D eigenvalue weighted by Gasteiger charge is 2.04. The molecule has 0 aromatic heterocycles. The van der Waals surface area contributed by atoms with Crippen LogP contribution in [0.4, 0.5) is 10.1 Å². The Morgan fingerprint density at radius 1 is 1.10 bits per heavy atom. The van der Waals surface area contributed by atoms with E-state index in [1.165, 1.54) is 17.7 Å². The van der Waals surface area contributed by atoms with Gasteiger partial charge in [-0.3, -0.25) is 0 Å². The van der Waals surface area contributed by atoms with Gasteiger partial charge in [0.25, 0.3) is 0 Å². The highest BCUT2D eigenvalue weighted by atomic mass is 19.1. The lowest BCUT2D eigenvalue weighted by molar-refractivity contribution is 0.288. The Hall–Kier alpha value is -1.87. The Morgan fingerprint density at radius 2 is 1.86 bits per heavy atom. The van der Waals surface area contributed by atoms with Crippen molar-refractivity contribution in [3.8, 4) is 0 Å². The van der Waals surface area contributed by atoms with Gasteiger partial charge in [-0.25, -0.2) is 4.39 Å². The molecule has 21 heavy (non-hydrogen) atoms.